The third-order valence-corrected chi connectivity index (χ3v) is 4.03. The fourth-order valence-electron chi connectivity index (χ4n) is 2.01. The van der Waals surface area contributed by atoms with Crippen molar-refractivity contribution >= 4 is 10.0 Å². The van der Waals surface area contributed by atoms with Gasteiger partial charge in [0, 0.05) is 11.9 Å². The lowest BCUT2D eigenvalue weighted by atomic mass is 10.3. The van der Waals surface area contributed by atoms with Crippen LogP contribution in [-0.2, 0) is 16.2 Å². The number of nitrogens with two attached hydrogens (primary N) is 1. The third kappa shape index (κ3) is 3.03. The molecule has 3 rings (SSSR count). The van der Waals surface area contributed by atoms with Gasteiger partial charge in [-0.05, 0) is 24.3 Å². The van der Waals surface area contributed by atoms with Gasteiger partial charge in [0.05, 0.1) is 4.90 Å². The Labute approximate surface area is 133 Å². The monoisotopic (exact) mass is 358 g/mol. The lowest BCUT2D eigenvalue weighted by Gasteiger charge is -2.06. The summed E-state index contributed by atoms with van der Waals surface area (Å²) in [7, 11) is -3.91. The second kappa shape index (κ2) is 5.46. The minimum atomic E-state index is -4.65. The van der Waals surface area contributed by atoms with Gasteiger partial charge in [-0.3, -0.25) is 4.57 Å². The quantitative estimate of drug-likeness (QED) is 0.773. The molecular formula is C13H9F3N4O3S. The molecule has 1 aromatic carbocycles. The molecular weight excluding hydrogens is 349 g/mol. The molecule has 0 saturated heterocycles. The van der Waals surface area contributed by atoms with Crippen LogP contribution in [0.4, 0.5) is 13.2 Å². The van der Waals surface area contributed by atoms with Crippen LogP contribution in [0.25, 0.3) is 17.2 Å². The normalized spacial score (nSPS) is 12.5. The first kappa shape index (κ1) is 16.2. The molecule has 126 valence electrons. The van der Waals surface area contributed by atoms with E-state index < -0.39 is 21.9 Å². The number of benzene rings is 1. The largest absolute Gasteiger partial charge is 0.451 e. The van der Waals surface area contributed by atoms with Gasteiger partial charge >= 0.3 is 6.18 Å². The van der Waals surface area contributed by atoms with Gasteiger partial charge in [-0.2, -0.15) is 13.2 Å². The van der Waals surface area contributed by atoms with Crippen molar-refractivity contribution in [3.05, 3.63) is 48.8 Å². The van der Waals surface area contributed by atoms with E-state index in [1.165, 1.54) is 24.3 Å². The van der Waals surface area contributed by atoms with Gasteiger partial charge in [0.15, 0.2) is 17.9 Å². The predicted octanol–water partition coefficient (Wildman–Crippen LogP) is 2.19. The lowest BCUT2D eigenvalue weighted by molar-refractivity contribution is -0.140. The van der Waals surface area contributed by atoms with Crippen molar-refractivity contribution in [3.8, 4) is 17.2 Å². The standard InChI is InChI=1S/C13H9F3N4O3S/c14-13(15,16)11-5-20(12(19-11)10-6-23-7-18-10)8-1-3-9(4-2-8)24(17,21)22/h1-7H,(H2,17,21,22). The summed E-state index contributed by atoms with van der Waals surface area (Å²) in [5.74, 6) is -0.0977. The first-order valence-electron chi connectivity index (χ1n) is 6.34. The molecule has 0 aliphatic heterocycles. The first-order valence-corrected chi connectivity index (χ1v) is 7.89. The van der Waals surface area contributed by atoms with Gasteiger partial charge in [0.1, 0.15) is 12.0 Å². The number of sulfonamides is 1. The van der Waals surface area contributed by atoms with E-state index in [4.69, 9.17) is 9.56 Å². The summed E-state index contributed by atoms with van der Waals surface area (Å²) in [4.78, 5) is 7.17. The van der Waals surface area contributed by atoms with Crippen molar-refractivity contribution in [2.45, 2.75) is 11.1 Å². The zero-order valence-electron chi connectivity index (χ0n) is 11.7. The maximum Gasteiger partial charge on any atom is 0.434 e. The van der Waals surface area contributed by atoms with E-state index in [2.05, 4.69) is 9.97 Å². The molecule has 24 heavy (non-hydrogen) atoms. The summed E-state index contributed by atoms with van der Waals surface area (Å²) in [5.41, 5.74) is -0.763. The van der Waals surface area contributed by atoms with Gasteiger partial charge in [0.2, 0.25) is 10.0 Å². The zero-order chi connectivity index (χ0) is 17.5. The molecule has 3 aromatic rings. The SMILES string of the molecule is NS(=O)(=O)c1ccc(-n2cc(C(F)(F)F)nc2-c2cocn2)cc1. The van der Waals surface area contributed by atoms with Crippen LogP contribution in [0.1, 0.15) is 5.69 Å². The Morgan fingerprint density at radius 1 is 1.17 bits per heavy atom. The van der Waals surface area contributed by atoms with Gasteiger partial charge in [0.25, 0.3) is 0 Å². The number of aromatic nitrogens is 3. The van der Waals surface area contributed by atoms with E-state index >= 15 is 0 Å². The average Bonchev–Trinajstić information content (AvgIpc) is 3.15. The van der Waals surface area contributed by atoms with E-state index in [9.17, 15) is 21.6 Å². The summed E-state index contributed by atoms with van der Waals surface area (Å²) in [6.45, 7) is 0. The van der Waals surface area contributed by atoms with Crippen LogP contribution < -0.4 is 5.14 Å². The van der Waals surface area contributed by atoms with Gasteiger partial charge in [-0.15, -0.1) is 0 Å². The summed E-state index contributed by atoms with van der Waals surface area (Å²) in [5, 5.41) is 5.00. The lowest BCUT2D eigenvalue weighted by Crippen LogP contribution is -2.12. The van der Waals surface area contributed by atoms with Crippen LogP contribution in [0.2, 0.25) is 0 Å². The van der Waals surface area contributed by atoms with E-state index in [1.807, 2.05) is 0 Å². The molecule has 0 radical (unpaired) electrons. The molecule has 2 aromatic heterocycles. The number of nitrogens with zero attached hydrogens (tertiary/aromatic N) is 3. The fourth-order valence-corrected chi connectivity index (χ4v) is 2.53. The molecule has 0 atom stereocenters. The van der Waals surface area contributed by atoms with Crippen molar-refractivity contribution in [1.82, 2.24) is 14.5 Å². The van der Waals surface area contributed by atoms with E-state index in [0.29, 0.717) is 0 Å². The van der Waals surface area contributed by atoms with Crippen LogP contribution in [0.3, 0.4) is 0 Å². The Bertz CT molecular complexity index is 961. The van der Waals surface area contributed by atoms with Crippen LogP contribution in [-0.4, -0.2) is 23.0 Å². The van der Waals surface area contributed by atoms with E-state index in [-0.39, 0.29) is 22.1 Å². The topological polar surface area (TPSA) is 104 Å². The predicted molar refractivity (Wildman–Crippen MR) is 75.4 cm³/mol. The van der Waals surface area contributed by atoms with Crippen LogP contribution in [0.5, 0.6) is 0 Å². The van der Waals surface area contributed by atoms with Crippen molar-refractivity contribution in [2.24, 2.45) is 5.14 Å². The number of imidazole rings is 1. The molecule has 2 N–H and O–H groups in total. The molecule has 0 aliphatic rings. The number of hydrogen-bond donors (Lipinski definition) is 1. The Morgan fingerprint density at radius 2 is 1.83 bits per heavy atom. The van der Waals surface area contributed by atoms with Crippen molar-refractivity contribution in [3.63, 3.8) is 0 Å². The third-order valence-electron chi connectivity index (χ3n) is 3.10. The first-order chi connectivity index (χ1) is 11.2. The van der Waals surface area contributed by atoms with E-state index in [1.54, 1.807) is 0 Å². The highest BCUT2D eigenvalue weighted by Crippen LogP contribution is 2.32. The Hall–Kier alpha value is -2.66. The summed E-state index contributed by atoms with van der Waals surface area (Å²) in [6, 6.07) is 4.99. The van der Waals surface area contributed by atoms with Crippen LogP contribution in [0.15, 0.2) is 52.4 Å². The molecule has 0 amide bonds. The van der Waals surface area contributed by atoms with Crippen LogP contribution in [0, 0.1) is 0 Å². The number of hydrogen-bond acceptors (Lipinski definition) is 5. The number of halogens is 3. The second-order valence-corrected chi connectivity index (χ2v) is 6.29. The highest BCUT2D eigenvalue weighted by Gasteiger charge is 2.35. The number of alkyl halides is 3. The second-order valence-electron chi connectivity index (χ2n) is 4.73. The molecule has 0 unspecified atom stereocenters. The zero-order valence-corrected chi connectivity index (χ0v) is 12.5. The molecule has 0 fully saturated rings. The maximum absolute atomic E-state index is 12.9. The minimum Gasteiger partial charge on any atom is -0.451 e. The molecule has 0 saturated carbocycles. The highest BCUT2D eigenvalue weighted by molar-refractivity contribution is 7.89. The minimum absolute atomic E-state index is 0.0977. The average molecular weight is 358 g/mol. The van der Waals surface area contributed by atoms with Crippen molar-refractivity contribution in [1.29, 1.82) is 0 Å². The van der Waals surface area contributed by atoms with Gasteiger partial charge < -0.3 is 4.42 Å². The number of primary sulfonamides is 1. The Morgan fingerprint density at radius 3 is 2.33 bits per heavy atom. The molecule has 0 bridgehead atoms. The molecule has 11 heteroatoms. The fraction of sp³-hybridized carbons (Fsp3) is 0.0769. The van der Waals surface area contributed by atoms with Gasteiger partial charge in [-0.1, -0.05) is 0 Å². The summed E-state index contributed by atoms with van der Waals surface area (Å²) < 4.78 is 67.3. The molecule has 7 nitrogen and oxygen atoms in total. The van der Waals surface area contributed by atoms with Crippen molar-refractivity contribution < 1.29 is 26.0 Å². The summed E-state index contributed by atoms with van der Waals surface area (Å²) >= 11 is 0. The molecule has 0 aliphatic carbocycles. The van der Waals surface area contributed by atoms with Gasteiger partial charge in [-0.25, -0.2) is 23.5 Å². The number of rotatable bonds is 3. The Balaban J connectivity index is 2.14. The summed E-state index contributed by atoms with van der Waals surface area (Å²) in [6.07, 6.45) is -1.65. The smallest absolute Gasteiger partial charge is 0.434 e. The Kier molecular flexibility index (Phi) is 3.68. The molecule has 2 heterocycles. The van der Waals surface area contributed by atoms with E-state index in [0.717, 1.165) is 23.4 Å². The maximum atomic E-state index is 12.9. The van der Waals surface area contributed by atoms with Crippen LogP contribution >= 0.6 is 0 Å². The molecule has 0 spiro atoms. The van der Waals surface area contributed by atoms with Crippen molar-refractivity contribution in [2.75, 3.05) is 0 Å². The highest BCUT2D eigenvalue weighted by atomic mass is 32.2. The number of oxazole rings is 1.